The molecule has 1 saturated heterocycles. The number of hydrogen-bond acceptors (Lipinski definition) is 6. The number of rotatable bonds is 6. The van der Waals surface area contributed by atoms with E-state index >= 15 is 0 Å². The van der Waals surface area contributed by atoms with E-state index in [4.69, 9.17) is 15.0 Å². The van der Waals surface area contributed by atoms with Gasteiger partial charge in [0.25, 0.3) is 0 Å². The fraction of sp³-hybridized carbons (Fsp3) is 0.238. The summed E-state index contributed by atoms with van der Waals surface area (Å²) in [5.41, 5.74) is 8.79. The number of nitrogens with two attached hydrogens (primary N) is 1. The van der Waals surface area contributed by atoms with Gasteiger partial charge in [-0.25, -0.2) is 9.59 Å². The summed E-state index contributed by atoms with van der Waals surface area (Å²) in [6.45, 7) is 2.87. The topological polar surface area (TPSA) is 124 Å². The van der Waals surface area contributed by atoms with Crippen molar-refractivity contribution in [1.29, 1.82) is 0 Å². The highest BCUT2D eigenvalue weighted by atomic mass is 16.6. The lowest BCUT2D eigenvalue weighted by Crippen LogP contribution is -2.34. The minimum absolute atomic E-state index is 0.304. The van der Waals surface area contributed by atoms with Crippen molar-refractivity contribution < 1.29 is 18.8 Å². The molecule has 4 rings (SSSR count). The van der Waals surface area contributed by atoms with Crippen LogP contribution in [-0.2, 0) is 11.2 Å². The minimum Gasteiger partial charge on any atom is -0.447 e. The number of hydrogen-bond donors (Lipinski definition) is 2. The van der Waals surface area contributed by atoms with Crippen molar-refractivity contribution >= 4 is 17.8 Å². The molecule has 0 aliphatic carbocycles. The number of nitrogens with one attached hydrogen (secondary N) is 1. The van der Waals surface area contributed by atoms with Gasteiger partial charge in [0.15, 0.2) is 0 Å². The lowest BCUT2D eigenvalue weighted by Gasteiger charge is -2.18. The second-order valence-electron chi connectivity index (χ2n) is 6.95. The smallest absolute Gasteiger partial charge is 0.414 e. The molecule has 3 amide bonds. The Morgan fingerprint density at radius 3 is 2.67 bits per heavy atom. The molecule has 2 heterocycles. The third-order valence-corrected chi connectivity index (χ3v) is 4.93. The fourth-order valence-electron chi connectivity index (χ4n) is 3.44. The Hall–Kier alpha value is -3.88. The van der Waals surface area contributed by atoms with Crippen molar-refractivity contribution in [2.24, 2.45) is 5.73 Å². The van der Waals surface area contributed by atoms with Crippen molar-refractivity contribution in [2.45, 2.75) is 19.4 Å². The van der Waals surface area contributed by atoms with Crippen LogP contribution >= 0.6 is 0 Å². The number of aromatic nitrogens is 2. The Kier molecular flexibility index (Phi) is 5.34. The average molecular weight is 407 g/mol. The maximum atomic E-state index is 11.7. The van der Waals surface area contributed by atoms with Crippen LogP contribution < -0.4 is 16.0 Å². The predicted octanol–water partition coefficient (Wildman–Crippen LogP) is 2.95. The van der Waals surface area contributed by atoms with Crippen LogP contribution in [0.25, 0.3) is 11.4 Å². The summed E-state index contributed by atoms with van der Waals surface area (Å²) in [6.07, 6.45) is -0.0489. The summed E-state index contributed by atoms with van der Waals surface area (Å²) >= 11 is 0. The third-order valence-electron chi connectivity index (χ3n) is 4.93. The van der Waals surface area contributed by atoms with Gasteiger partial charge in [-0.3, -0.25) is 4.90 Å². The molecule has 9 nitrogen and oxygen atoms in total. The summed E-state index contributed by atoms with van der Waals surface area (Å²) in [5, 5.41) is 6.78. The van der Waals surface area contributed by atoms with Gasteiger partial charge in [0, 0.05) is 11.3 Å². The molecule has 0 bridgehead atoms. The molecular weight excluding hydrogens is 386 g/mol. The summed E-state index contributed by atoms with van der Waals surface area (Å²) < 4.78 is 10.4. The minimum atomic E-state index is -0.626. The van der Waals surface area contributed by atoms with Gasteiger partial charge in [-0.2, -0.15) is 4.98 Å². The van der Waals surface area contributed by atoms with Gasteiger partial charge in [0.1, 0.15) is 6.61 Å². The number of carbonyl (C=O) groups excluding carboxylic acids is 2. The van der Waals surface area contributed by atoms with E-state index in [0.717, 1.165) is 22.4 Å². The average Bonchev–Trinajstić information content (AvgIpc) is 3.37. The van der Waals surface area contributed by atoms with Crippen LogP contribution in [0.4, 0.5) is 15.3 Å². The van der Waals surface area contributed by atoms with E-state index in [1.165, 1.54) is 0 Å². The molecule has 1 aromatic heterocycles. The van der Waals surface area contributed by atoms with E-state index in [-0.39, 0.29) is 12.1 Å². The number of aryl methyl sites for hydroxylation is 1. The Labute approximate surface area is 172 Å². The van der Waals surface area contributed by atoms with Gasteiger partial charge >= 0.3 is 12.1 Å². The number of benzene rings is 2. The number of anilines is 1. The van der Waals surface area contributed by atoms with Gasteiger partial charge in [-0.1, -0.05) is 29.4 Å². The SMILES string of the molecule is Cc1ccccc1C(Cc1nc(-c2ccc(N3CCOC3=O)cc2)no1)NC(N)=O. The molecule has 0 radical (unpaired) electrons. The first kappa shape index (κ1) is 19.4. The number of carbonyl (C=O) groups is 2. The summed E-state index contributed by atoms with van der Waals surface area (Å²) in [6, 6.07) is 13.9. The summed E-state index contributed by atoms with van der Waals surface area (Å²) in [5.74, 6) is 0.794. The Morgan fingerprint density at radius 2 is 2.00 bits per heavy atom. The van der Waals surface area contributed by atoms with Crippen LogP contribution in [-0.4, -0.2) is 35.4 Å². The van der Waals surface area contributed by atoms with Crippen molar-refractivity contribution in [1.82, 2.24) is 15.5 Å². The molecule has 3 N–H and O–H groups in total. The Bertz CT molecular complexity index is 1060. The van der Waals surface area contributed by atoms with E-state index in [1.54, 1.807) is 4.90 Å². The highest BCUT2D eigenvalue weighted by Gasteiger charge is 2.24. The molecule has 1 unspecified atom stereocenters. The first-order valence-corrected chi connectivity index (χ1v) is 9.50. The Morgan fingerprint density at radius 1 is 1.23 bits per heavy atom. The van der Waals surface area contributed by atoms with Crippen molar-refractivity contribution in [2.75, 3.05) is 18.1 Å². The molecule has 30 heavy (non-hydrogen) atoms. The van der Waals surface area contributed by atoms with Gasteiger partial charge in [0.2, 0.25) is 11.7 Å². The van der Waals surface area contributed by atoms with E-state index in [1.807, 2.05) is 55.5 Å². The third kappa shape index (κ3) is 4.09. The molecule has 1 aliphatic rings. The molecular formula is C21H21N5O4. The van der Waals surface area contributed by atoms with Crippen LogP contribution in [0.1, 0.15) is 23.1 Å². The van der Waals surface area contributed by atoms with E-state index in [2.05, 4.69) is 15.5 Å². The number of nitrogens with zero attached hydrogens (tertiary/aromatic N) is 3. The number of primary amides is 1. The number of cyclic esters (lactones) is 1. The zero-order valence-electron chi connectivity index (χ0n) is 16.4. The van der Waals surface area contributed by atoms with Crippen LogP contribution in [0.3, 0.4) is 0 Å². The zero-order valence-corrected chi connectivity index (χ0v) is 16.4. The van der Waals surface area contributed by atoms with Crippen LogP contribution in [0.15, 0.2) is 53.1 Å². The highest BCUT2D eigenvalue weighted by molar-refractivity contribution is 5.89. The van der Waals surface area contributed by atoms with Crippen molar-refractivity contribution in [3.8, 4) is 11.4 Å². The van der Waals surface area contributed by atoms with Crippen molar-refractivity contribution in [3.05, 3.63) is 65.5 Å². The first-order valence-electron chi connectivity index (χ1n) is 9.50. The van der Waals surface area contributed by atoms with Crippen LogP contribution in [0.5, 0.6) is 0 Å². The molecule has 0 spiro atoms. The first-order chi connectivity index (χ1) is 14.5. The van der Waals surface area contributed by atoms with Crippen molar-refractivity contribution in [3.63, 3.8) is 0 Å². The lowest BCUT2D eigenvalue weighted by molar-refractivity contribution is 0.181. The standard InChI is InChI=1S/C21H21N5O4/c1-13-4-2-3-5-16(13)17(23-20(22)27)12-18-24-19(25-30-18)14-6-8-15(9-7-14)26-10-11-29-21(26)28/h2-9,17H,10-12H2,1H3,(H3,22,23,27). The largest absolute Gasteiger partial charge is 0.447 e. The zero-order chi connectivity index (χ0) is 21.1. The maximum Gasteiger partial charge on any atom is 0.414 e. The molecule has 2 aromatic carbocycles. The normalized spacial score (nSPS) is 14.4. The highest BCUT2D eigenvalue weighted by Crippen LogP contribution is 2.25. The van der Waals surface area contributed by atoms with Gasteiger partial charge in [-0.05, 0) is 42.3 Å². The molecule has 1 fully saturated rings. The van der Waals surface area contributed by atoms with E-state index in [9.17, 15) is 9.59 Å². The molecule has 1 aliphatic heterocycles. The van der Waals surface area contributed by atoms with Gasteiger partial charge < -0.3 is 20.3 Å². The molecule has 3 aromatic rings. The summed E-state index contributed by atoms with van der Waals surface area (Å²) in [7, 11) is 0. The quantitative estimate of drug-likeness (QED) is 0.647. The molecule has 9 heteroatoms. The molecule has 1 atom stereocenters. The Balaban J connectivity index is 1.52. The molecule has 0 saturated carbocycles. The number of amides is 3. The number of urea groups is 1. The van der Waals surface area contributed by atoms with Crippen LogP contribution in [0.2, 0.25) is 0 Å². The second kappa shape index (κ2) is 8.24. The second-order valence-corrected chi connectivity index (χ2v) is 6.95. The monoisotopic (exact) mass is 407 g/mol. The van der Waals surface area contributed by atoms with E-state index in [0.29, 0.717) is 31.3 Å². The number of ether oxygens (including phenoxy) is 1. The predicted molar refractivity (Wildman–Crippen MR) is 109 cm³/mol. The van der Waals surface area contributed by atoms with Crippen LogP contribution in [0, 0.1) is 6.92 Å². The fourth-order valence-corrected chi connectivity index (χ4v) is 3.44. The van der Waals surface area contributed by atoms with Gasteiger partial charge in [-0.15, -0.1) is 0 Å². The maximum absolute atomic E-state index is 11.7. The lowest BCUT2D eigenvalue weighted by atomic mass is 9.99. The summed E-state index contributed by atoms with van der Waals surface area (Å²) in [4.78, 5) is 29.2. The molecule has 154 valence electrons. The van der Waals surface area contributed by atoms with Gasteiger partial charge in [0.05, 0.1) is 19.0 Å². The van der Waals surface area contributed by atoms with E-state index < -0.39 is 6.03 Å².